The molecule has 0 spiro atoms. The van der Waals surface area contributed by atoms with E-state index < -0.39 is 11.5 Å². The molecule has 2 aliphatic rings. The average molecular weight is 297 g/mol. The minimum absolute atomic E-state index is 0.0626. The topological polar surface area (TPSA) is 81.7 Å². The summed E-state index contributed by atoms with van der Waals surface area (Å²) in [4.78, 5) is 25.3. The summed E-state index contributed by atoms with van der Waals surface area (Å²) in [5.41, 5.74) is -0.507. The van der Waals surface area contributed by atoms with E-state index in [0.29, 0.717) is 12.5 Å². The van der Waals surface area contributed by atoms with Crippen LogP contribution in [0, 0.1) is 0 Å². The summed E-state index contributed by atoms with van der Waals surface area (Å²) in [6, 6.07) is 0.523. The van der Waals surface area contributed by atoms with Crippen molar-refractivity contribution in [3.63, 3.8) is 0 Å². The van der Waals surface area contributed by atoms with E-state index in [-0.39, 0.29) is 18.5 Å². The molecule has 0 aromatic carbocycles. The lowest BCUT2D eigenvalue weighted by Crippen LogP contribution is -2.54. The molecule has 0 aromatic heterocycles. The van der Waals surface area contributed by atoms with E-state index in [2.05, 4.69) is 15.5 Å². The first-order valence-corrected chi connectivity index (χ1v) is 7.92. The number of nitrogens with one attached hydrogen (secondary N) is 2. The van der Waals surface area contributed by atoms with Crippen LogP contribution in [0.4, 0.5) is 4.79 Å². The monoisotopic (exact) mass is 297 g/mol. The summed E-state index contributed by atoms with van der Waals surface area (Å²) in [7, 11) is 0. The molecule has 2 unspecified atom stereocenters. The second kappa shape index (κ2) is 6.64. The fourth-order valence-corrected chi connectivity index (χ4v) is 3.41. The van der Waals surface area contributed by atoms with Crippen LogP contribution in [0.3, 0.4) is 0 Å². The summed E-state index contributed by atoms with van der Waals surface area (Å²) in [6.45, 7) is 5.93. The highest BCUT2D eigenvalue weighted by atomic mass is 16.4. The van der Waals surface area contributed by atoms with Gasteiger partial charge in [0.15, 0.2) is 0 Å². The number of carbonyl (C=O) groups excluding carboxylic acids is 1. The Morgan fingerprint density at radius 1 is 1.24 bits per heavy atom. The number of amides is 2. The maximum absolute atomic E-state index is 12.1. The number of hydrogen-bond acceptors (Lipinski definition) is 3. The normalized spacial score (nSPS) is 26.2. The number of nitrogens with zero attached hydrogens (tertiary/aromatic N) is 1. The molecule has 0 saturated carbocycles. The quantitative estimate of drug-likeness (QED) is 0.719. The molecule has 2 amide bonds. The SMILES string of the molecule is CC(C)(CCC(=O)O)NC(=O)NC1CCN2CCCCC12. The van der Waals surface area contributed by atoms with Crippen molar-refractivity contribution in [2.45, 2.75) is 70.0 Å². The van der Waals surface area contributed by atoms with Crippen LogP contribution in [0.1, 0.15) is 52.4 Å². The van der Waals surface area contributed by atoms with E-state index in [1.54, 1.807) is 0 Å². The van der Waals surface area contributed by atoms with E-state index in [0.717, 1.165) is 25.9 Å². The predicted molar refractivity (Wildman–Crippen MR) is 80.2 cm³/mol. The van der Waals surface area contributed by atoms with Gasteiger partial charge in [-0.15, -0.1) is 0 Å². The van der Waals surface area contributed by atoms with Gasteiger partial charge >= 0.3 is 12.0 Å². The number of hydrogen-bond donors (Lipinski definition) is 3. The number of piperidine rings is 1. The number of rotatable bonds is 5. The Morgan fingerprint density at radius 3 is 2.71 bits per heavy atom. The predicted octanol–water partition coefficient (Wildman–Crippen LogP) is 1.56. The van der Waals surface area contributed by atoms with Gasteiger partial charge in [-0.1, -0.05) is 6.42 Å². The Hall–Kier alpha value is -1.30. The van der Waals surface area contributed by atoms with Crippen LogP contribution in [0.5, 0.6) is 0 Å². The van der Waals surface area contributed by atoms with Crippen LogP contribution in [0.15, 0.2) is 0 Å². The number of urea groups is 1. The Kier molecular flexibility index (Phi) is 5.08. The minimum atomic E-state index is -0.834. The van der Waals surface area contributed by atoms with E-state index >= 15 is 0 Å². The second-order valence-corrected chi connectivity index (χ2v) is 6.87. The van der Waals surface area contributed by atoms with Crippen molar-refractivity contribution in [1.29, 1.82) is 0 Å². The summed E-state index contributed by atoms with van der Waals surface area (Å²) < 4.78 is 0. The molecular formula is C15H27N3O3. The zero-order chi connectivity index (χ0) is 15.5. The summed E-state index contributed by atoms with van der Waals surface area (Å²) in [5, 5.41) is 14.7. The van der Waals surface area contributed by atoms with Crippen molar-refractivity contribution in [3.8, 4) is 0 Å². The number of fused-ring (bicyclic) bond motifs is 1. The molecule has 3 N–H and O–H groups in total. The zero-order valence-corrected chi connectivity index (χ0v) is 13.0. The van der Waals surface area contributed by atoms with Crippen molar-refractivity contribution in [1.82, 2.24) is 15.5 Å². The average Bonchev–Trinajstić information content (AvgIpc) is 2.79. The molecule has 2 atom stereocenters. The molecule has 6 nitrogen and oxygen atoms in total. The number of carboxylic acids is 1. The van der Waals surface area contributed by atoms with Crippen LogP contribution in [0.2, 0.25) is 0 Å². The van der Waals surface area contributed by atoms with Gasteiger partial charge < -0.3 is 15.7 Å². The maximum Gasteiger partial charge on any atom is 0.315 e. The van der Waals surface area contributed by atoms with Gasteiger partial charge in [0, 0.05) is 30.6 Å². The molecular weight excluding hydrogens is 270 g/mol. The first-order chi connectivity index (χ1) is 9.87. The molecule has 120 valence electrons. The highest BCUT2D eigenvalue weighted by molar-refractivity contribution is 5.75. The summed E-state index contributed by atoms with van der Waals surface area (Å²) in [5.74, 6) is -0.834. The Labute approximate surface area is 126 Å². The number of carbonyl (C=O) groups is 2. The van der Waals surface area contributed by atoms with Crippen molar-refractivity contribution in [2.24, 2.45) is 0 Å². The number of carboxylic acid groups (broad SMARTS) is 1. The van der Waals surface area contributed by atoms with Crippen molar-refractivity contribution >= 4 is 12.0 Å². The van der Waals surface area contributed by atoms with Crippen molar-refractivity contribution in [2.75, 3.05) is 13.1 Å². The van der Waals surface area contributed by atoms with Gasteiger partial charge in [-0.3, -0.25) is 9.69 Å². The molecule has 2 rings (SSSR count). The van der Waals surface area contributed by atoms with Crippen molar-refractivity contribution < 1.29 is 14.7 Å². The third-order valence-electron chi connectivity index (χ3n) is 4.59. The zero-order valence-electron chi connectivity index (χ0n) is 13.0. The van der Waals surface area contributed by atoms with Crippen LogP contribution in [-0.4, -0.2) is 52.7 Å². The van der Waals surface area contributed by atoms with Gasteiger partial charge in [-0.2, -0.15) is 0 Å². The van der Waals surface area contributed by atoms with Gasteiger partial charge in [-0.05, 0) is 46.1 Å². The largest absolute Gasteiger partial charge is 0.481 e. The van der Waals surface area contributed by atoms with E-state index in [9.17, 15) is 9.59 Å². The lowest BCUT2D eigenvalue weighted by Gasteiger charge is -2.33. The Bertz CT molecular complexity index is 398. The van der Waals surface area contributed by atoms with E-state index in [4.69, 9.17) is 5.11 Å². The lowest BCUT2D eigenvalue weighted by molar-refractivity contribution is -0.137. The molecule has 2 fully saturated rings. The molecule has 0 aromatic rings. The van der Waals surface area contributed by atoms with Crippen LogP contribution in [-0.2, 0) is 4.79 Å². The third kappa shape index (κ3) is 4.59. The standard InChI is InChI=1S/C15H27N3O3/c1-15(2,8-6-13(19)20)17-14(21)16-11-7-10-18-9-4-3-5-12(11)18/h11-12H,3-10H2,1-2H3,(H,19,20)(H2,16,17,21). The molecule has 0 radical (unpaired) electrons. The fourth-order valence-electron chi connectivity index (χ4n) is 3.41. The lowest BCUT2D eigenvalue weighted by atomic mass is 9.98. The van der Waals surface area contributed by atoms with Crippen LogP contribution < -0.4 is 10.6 Å². The van der Waals surface area contributed by atoms with Crippen LogP contribution in [0.25, 0.3) is 0 Å². The highest BCUT2D eigenvalue weighted by Crippen LogP contribution is 2.27. The summed E-state index contributed by atoms with van der Waals surface area (Å²) in [6.07, 6.45) is 5.16. The molecule has 0 aliphatic carbocycles. The molecule has 2 saturated heterocycles. The maximum atomic E-state index is 12.1. The van der Waals surface area contributed by atoms with E-state index in [1.165, 1.54) is 12.8 Å². The number of aliphatic carboxylic acids is 1. The minimum Gasteiger partial charge on any atom is -0.481 e. The fraction of sp³-hybridized carbons (Fsp3) is 0.867. The third-order valence-corrected chi connectivity index (χ3v) is 4.59. The van der Waals surface area contributed by atoms with Gasteiger partial charge in [0.25, 0.3) is 0 Å². The smallest absolute Gasteiger partial charge is 0.315 e. The first-order valence-electron chi connectivity index (χ1n) is 7.92. The van der Waals surface area contributed by atoms with Gasteiger partial charge in [-0.25, -0.2) is 4.79 Å². The van der Waals surface area contributed by atoms with E-state index in [1.807, 2.05) is 13.8 Å². The summed E-state index contributed by atoms with van der Waals surface area (Å²) >= 11 is 0. The Morgan fingerprint density at radius 2 is 2.00 bits per heavy atom. The molecule has 21 heavy (non-hydrogen) atoms. The molecule has 0 bridgehead atoms. The Balaban J connectivity index is 1.80. The first kappa shape index (κ1) is 16.1. The van der Waals surface area contributed by atoms with Gasteiger partial charge in [0.1, 0.15) is 0 Å². The highest BCUT2D eigenvalue weighted by Gasteiger charge is 2.36. The van der Waals surface area contributed by atoms with Crippen molar-refractivity contribution in [3.05, 3.63) is 0 Å². The molecule has 6 heteroatoms. The van der Waals surface area contributed by atoms with Gasteiger partial charge in [0.05, 0.1) is 0 Å². The molecule has 2 heterocycles. The van der Waals surface area contributed by atoms with Gasteiger partial charge in [0.2, 0.25) is 0 Å². The second-order valence-electron chi connectivity index (χ2n) is 6.87. The van der Waals surface area contributed by atoms with Crippen LogP contribution >= 0.6 is 0 Å². The molecule has 2 aliphatic heterocycles.